The zero-order chi connectivity index (χ0) is 14.0. The van der Waals surface area contributed by atoms with Crippen LogP contribution >= 0.6 is 15.9 Å². The van der Waals surface area contributed by atoms with Gasteiger partial charge in [-0.3, -0.25) is 0 Å². The fourth-order valence-corrected chi connectivity index (χ4v) is 5.11. The van der Waals surface area contributed by atoms with Crippen LogP contribution in [0.3, 0.4) is 0 Å². The van der Waals surface area contributed by atoms with Gasteiger partial charge in [0.2, 0.25) is 10.0 Å². The molecule has 1 aromatic rings. The van der Waals surface area contributed by atoms with Crippen molar-refractivity contribution in [2.24, 2.45) is 0 Å². The standard InChI is InChI=1S/C13H19BrN2O2S/c1-10-5-3-2-4-8-16(10)19(17,18)13-9-11(15)6-7-12(13)14/h6-7,9-10H,2-5,8,15H2,1H3. The van der Waals surface area contributed by atoms with Crippen molar-refractivity contribution >= 4 is 31.6 Å². The SMILES string of the molecule is CC1CCCCCN1S(=O)(=O)c1cc(N)ccc1Br. The Hall–Kier alpha value is -0.590. The molecule has 2 rings (SSSR count). The molecule has 0 aliphatic carbocycles. The number of anilines is 1. The Bertz CT molecular complexity index is 560. The van der Waals surface area contributed by atoms with Crippen LogP contribution in [0.1, 0.15) is 32.6 Å². The van der Waals surface area contributed by atoms with E-state index in [0.717, 1.165) is 25.7 Å². The smallest absolute Gasteiger partial charge is 0.244 e. The van der Waals surface area contributed by atoms with E-state index < -0.39 is 10.0 Å². The molecule has 0 bridgehead atoms. The molecule has 0 saturated carbocycles. The minimum atomic E-state index is -3.48. The van der Waals surface area contributed by atoms with Gasteiger partial charge in [0.15, 0.2) is 0 Å². The Labute approximate surface area is 123 Å². The average molecular weight is 347 g/mol. The molecule has 1 heterocycles. The van der Waals surface area contributed by atoms with Gasteiger partial charge in [0.05, 0.1) is 4.90 Å². The van der Waals surface area contributed by atoms with Crippen molar-refractivity contribution in [1.29, 1.82) is 0 Å². The van der Waals surface area contributed by atoms with Gasteiger partial charge < -0.3 is 5.73 Å². The molecule has 0 aromatic heterocycles. The number of rotatable bonds is 2. The van der Waals surface area contributed by atoms with E-state index in [4.69, 9.17) is 5.73 Å². The summed E-state index contributed by atoms with van der Waals surface area (Å²) < 4.78 is 27.7. The van der Waals surface area contributed by atoms with Crippen LogP contribution in [0.4, 0.5) is 5.69 Å². The molecule has 1 aromatic carbocycles. The quantitative estimate of drug-likeness (QED) is 0.837. The largest absolute Gasteiger partial charge is 0.399 e. The van der Waals surface area contributed by atoms with Crippen molar-refractivity contribution in [3.63, 3.8) is 0 Å². The third kappa shape index (κ3) is 3.12. The predicted molar refractivity (Wildman–Crippen MR) is 80.4 cm³/mol. The van der Waals surface area contributed by atoms with Gasteiger partial charge in [0, 0.05) is 22.7 Å². The van der Waals surface area contributed by atoms with E-state index in [0.29, 0.717) is 16.7 Å². The fraction of sp³-hybridized carbons (Fsp3) is 0.538. The zero-order valence-corrected chi connectivity index (χ0v) is 13.4. The molecule has 6 heteroatoms. The first kappa shape index (κ1) is 14.8. The minimum Gasteiger partial charge on any atom is -0.399 e. The summed E-state index contributed by atoms with van der Waals surface area (Å²) in [6.07, 6.45) is 4.02. The van der Waals surface area contributed by atoms with Crippen molar-refractivity contribution in [1.82, 2.24) is 4.31 Å². The van der Waals surface area contributed by atoms with Crippen LogP contribution < -0.4 is 5.73 Å². The van der Waals surface area contributed by atoms with E-state index in [1.54, 1.807) is 16.4 Å². The Kier molecular flexibility index (Phi) is 4.53. The second-order valence-corrected chi connectivity index (χ2v) is 7.72. The van der Waals surface area contributed by atoms with Crippen LogP contribution in [-0.4, -0.2) is 25.3 Å². The van der Waals surface area contributed by atoms with E-state index >= 15 is 0 Å². The number of benzene rings is 1. The molecule has 106 valence electrons. The molecular weight excluding hydrogens is 328 g/mol. The summed E-state index contributed by atoms with van der Waals surface area (Å²) in [5.41, 5.74) is 6.18. The predicted octanol–water partition coefficient (Wildman–Crippen LogP) is 2.98. The molecule has 1 unspecified atom stereocenters. The summed E-state index contributed by atoms with van der Waals surface area (Å²) in [4.78, 5) is 0.265. The van der Waals surface area contributed by atoms with E-state index in [9.17, 15) is 8.42 Å². The maximum Gasteiger partial charge on any atom is 0.244 e. The highest BCUT2D eigenvalue weighted by molar-refractivity contribution is 9.10. The Morgan fingerprint density at radius 2 is 2.05 bits per heavy atom. The van der Waals surface area contributed by atoms with E-state index in [-0.39, 0.29) is 10.9 Å². The summed E-state index contributed by atoms with van der Waals surface area (Å²) in [6.45, 7) is 2.56. The number of hydrogen-bond donors (Lipinski definition) is 1. The first-order valence-electron chi connectivity index (χ1n) is 6.50. The van der Waals surface area contributed by atoms with Crippen LogP contribution in [0.5, 0.6) is 0 Å². The summed E-state index contributed by atoms with van der Waals surface area (Å²) in [5, 5.41) is 0. The first-order chi connectivity index (χ1) is 8.93. The van der Waals surface area contributed by atoms with Gasteiger partial charge >= 0.3 is 0 Å². The molecule has 1 saturated heterocycles. The topological polar surface area (TPSA) is 63.4 Å². The number of nitrogens with two attached hydrogens (primary N) is 1. The molecule has 2 N–H and O–H groups in total. The van der Waals surface area contributed by atoms with Gasteiger partial charge in [0.25, 0.3) is 0 Å². The van der Waals surface area contributed by atoms with Crippen LogP contribution in [0, 0.1) is 0 Å². The zero-order valence-electron chi connectivity index (χ0n) is 11.0. The Morgan fingerprint density at radius 3 is 2.79 bits per heavy atom. The van der Waals surface area contributed by atoms with E-state index in [2.05, 4.69) is 15.9 Å². The first-order valence-corrected chi connectivity index (χ1v) is 8.73. The van der Waals surface area contributed by atoms with Gasteiger partial charge in [-0.25, -0.2) is 8.42 Å². The maximum atomic E-state index is 12.8. The molecule has 0 radical (unpaired) electrons. The van der Waals surface area contributed by atoms with Crippen LogP contribution in [0.25, 0.3) is 0 Å². The highest BCUT2D eigenvalue weighted by Gasteiger charge is 2.31. The van der Waals surface area contributed by atoms with Crippen molar-refractivity contribution in [2.75, 3.05) is 12.3 Å². The summed E-state index contributed by atoms with van der Waals surface area (Å²) >= 11 is 3.31. The lowest BCUT2D eigenvalue weighted by Crippen LogP contribution is -2.38. The second kappa shape index (κ2) is 5.81. The number of hydrogen-bond acceptors (Lipinski definition) is 3. The average Bonchev–Trinajstić information content (AvgIpc) is 2.57. The van der Waals surface area contributed by atoms with Gasteiger partial charge in [-0.15, -0.1) is 0 Å². The normalized spacial score (nSPS) is 22.1. The van der Waals surface area contributed by atoms with Crippen molar-refractivity contribution in [3.8, 4) is 0 Å². The van der Waals surface area contributed by atoms with Gasteiger partial charge in [-0.2, -0.15) is 4.31 Å². The van der Waals surface area contributed by atoms with E-state index in [1.165, 1.54) is 6.07 Å². The highest BCUT2D eigenvalue weighted by atomic mass is 79.9. The molecule has 1 fully saturated rings. The van der Waals surface area contributed by atoms with Crippen molar-refractivity contribution < 1.29 is 8.42 Å². The van der Waals surface area contributed by atoms with Crippen LogP contribution in [-0.2, 0) is 10.0 Å². The minimum absolute atomic E-state index is 0.0424. The third-order valence-electron chi connectivity index (χ3n) is 3.53. The number of nitrogen functional groups attached to an aromatic ring is 1. The molecular formula is C13H19BrN2O2S. The Morgan fingerprint density at radius 1 is 1.32 bits per heavy atom. The molecule has 0 amide bonds. The van der Waals surface area contributed by atoms with Crippen LogP contribution in [0.15, 0.2) is 27.6 Å². The fourth-order valence-electron chi connectivity index (χ4n) is 2.45. The van der Waals surface area contributed by atoms with Crippen molar-refractivity contribution in [2.45, 2.75) is 43.5 Å². The van der Waals surface area contributed by atoms with Gasteiger partial charge in [-0.05, 0) is 53.9 Å². The second-order valence-electron chi connectivity index (χ2n) is 5.00. The van der Waals surface area contributed by atoms with Gasteiger partial charge in [-0.1, -0.05) is 12.8 Å². The lowest BCUT2D eigenvalue weighted by atomic mass is 10.1. The molecule has 1 aliphatic rings. The van der Waals surface area contributed by atoms with Gasteiger partial charge in [0.1, 0.15) is 0 Å². The summed E-state index contributed by atoms with van der Waals surface area (Å²) in [7, 11) is -3.48. The number of sulfonamides is 1. The summed E-state index contributed by atoms with van der Waals surface area (Å²) in [6, 6.07) is 4.94. The molecule has 19 heavy (non-hydrogen) atoms. The number of halogens is 1. The number of nitrogens with zero attached hydrogens (tertiary/aromatic N) is 1. The Balaban J connectivity index is 2.43. The molecule has 0 spiro atoms. The van der Waals surface area contributed by atoms with Crippen LogP contribution in [0.2, 0.25) is 0 Å². The lowest BCUT2D eigenvalue weighted by Gasteiger charge is -2.26. The molecule has 4 nitrogen and oxygen atoms in total. The maximum absolute atomic E-state index is 12.8. The molecule has 1 aliphatic heterocycles. The summed E-state index contributed by atoms with van der Waals surface area (Å²) in [5.74, 6) is 0. The van der Waals surface area contributed by atoms with Crippen molar-refractivity contribution in [3.05, 3.63) is 22.7 Å². The third-order valence-corrected chi connectivity index (χ3v) is 6.54. The molecule has 1 atom stereocenters. The highest BCUT2D eigenvalue weighted by Crippen LogP contribution is 2.30. The van der Waals surface area contributed by atoms with E-state index in [1.807, 2.05) is 6.92 Å². The monoisotopic (exact) mass is 346 g/mol. The lowest BCUT2D eigenvalue weighted by molar-refractivity contribution is 0.342.